The van der Waals surface area contributed by atoms with E-state index in [9.17, 15) is 10.1 Å². The Bertz CT molecular complexity index is 616. The zero-order chi connectivity index (χ0) is 13.8. The lowest BCUT2D eigenvalue weighted by molar-refractivity contribution is -0.385. The summed E-state index contributed by atoms with van der Waals surface area (Å²) in [6, 6.07) is 7.75. The molecule has 0 unspecified atom stereocenters. The molecule has 0 fully saturated rings. The van der Waals surface area contributed by atoms with Crippen LogP contribution in [0.25, 0.3) is 0 Å². The number of para-hydroxylation sites is 2. The average Bonchev–Trinajstić information content (AvgIpc) is 2.38. The Labute approximate surface area is 109 Å². The minimum absolute atomic E-state index is 0.107. The molecular formula is C12H12N4O3. The fraction of sp³-hybridized carbons (Fsp3) is 0.167. The molecule has 2 aromatic rings. The van der Waals surface area contributed by atoms with Gasteiger partial charge in [0.2, 0.25) is 17.6 Å². The molecule has 2 rings (SSSR count). The van der Waals surface area contributed by atoms with Crippen molar-refractivity contribution in [2.75, 3.05) is 12.4 Å². The summed E-state index contributed by atoms with van der Waals surface area (Å²) in [7, 11) is 1.68. The molecule has 0 saturated carbocycles. The van der Waals surface area contributed by atoms with Crippen molar-refractivity contribution in [3.05, 3.63) is 46.1 Å². The summed E-state index contributed by atoms with van der Waals surface area (Å²) in [5, 5.41) is 13.7. The van der Waals surface area contributed by atoms with Gasteiger partial charge >= 0.3 is 5.69 Å². The van der Waals surface area contributed by atoms with Crippen LogP contribution in [-0.4, -0.2) is 21.9 Å². The van der Waals surface area contributed by atoms with Gasteiger partial charge in [-0.15, -0.1) is 0 Å². The monoisotopic (exact) mass is 260 g/mol. The van der Waals surface area contributed by atoms with Gasteiger partial charge in [-0.05, 0) is 13.0 Å². The number of aryl methyl sites for hydroxylation is 1. The Hall–Kier alpha value is -2.70. The number of nitrogens with zero attached hydrogens (tertiary/aromatic N) is 3. The summed E-state index contributed by atoms with van der Waals surface area (Å²) in [5.41, 5.74) is 0.595. The van der Waals surface area contributed by atoms with Crippen LogP contribution in [0.5, 0.6) is 11.6 Å². The summed E-state index contributed by atoms with van der Waals surface area (Å²) in [4.78, 5) is 18.6. The lowest BCUT2D eigenvalue weighted by Gasteiger charge is -2.07. The van der Waals surface area contributed by atoms with Crippen molar-refractivity contribution in [3.8, 4) is 11.6 Å². The van der Waals surface area contributed by atoms with Crippen molar-refractivity contribution in [3.63, 3.8) is 0 Å². The summed E-state index contributed by atoms with van der Waals surface area (Å²) < 4.78 is 5.46. The number of nitro benzene ring substituents is 1. The maximum atomic E-state index is 10.9. The Kier molecular flexibility index (Phi) is 3.56. The molecule has 1 N–H and O–H groups in total. The molecular weight excluding hydrogens is 248 g/mol. The first-order chi connectivity index (χ1) is 9.10. The first-order valence-corrected chi connectivity index (χ1v) is 5.55. The van der Waals surface area contributed by atoms with Crippen LogP contribution in [0.2, 0.25) is 0 Å². The molecule has 0 amide bonds. The fourth-order valence-corrected chi connectivity index (χ4v) is 1.51. The SMILES string of the molecule is CNc1nc(C)cc(Oc2ccccc2[N+](=O)[O-])n1. The molecule has 0 saturated heterocycles. The lowest BCUT2D eigenvalue weighted by atomic mass is 10.3. The number of ether oxygens (including phenoxy) is 1. The standard InChI is InChI=1S/C12H12N4O3/c1-8-7-11(15-12(13-2)14-8)19-10-6-4-3-5-9(10)16(17)18/h3-7H,1-2H3,(H,13,14,15). The van der Waals surface area contributed by atoms with Gasteiger partial charge in [0.1, 0.15) is 0 Å². The number of nitro groups is 1. The van der Waals surface area contributed by atoms with Gasteiger partial charge in [-0.2, -0.15) is 4.98 Å². The third kappa shape index (κ3) is 2.95. The summed E-state index contributed by atoms with van der Waals surface area (Å²) in [5.74, 6) is 0.799. The van der Waals surface area contributed by atoms with Gasteiger partial charge in [-0.25, -0.2) is 4.98 Å². The third-order valence-electron chi connectivity index (χ3n) is 2.33. The van der Waals surface area contributed by atoms with Crippen LogP contribution in [0, 0.1) is 17.0 Å². The minimum atomic E-state index is -0.498. The molecule has 1 heterocycles. The first-order valence-electron chi connectivity index (χ1n) is 5.55. The van der Waals surface area contributed by atoms with E-state index in [1.165, 1.54) is 12.1 Å². The van der Waals surface area contributed by atoms with Gasteiger partial charge in [0, 0.05) is 24.9 Å². The summed E-state index contributed by atoms with van der Waals surface area (Å²) >= 11 is 0. The second-order valence-electron chi connectivity index (χ2n) is 3.75. The van der Waals surface area contributed by atoms with E-state index in [-0.39, 0.29) is 17.3 Å². The molecule has 19 heavy (non-hydrogen) atoms. The second kappa shape index (κ2) is 5.30. The predicted octanol–water partition coefficient (Wildman–Crippen LogP) is 2.53. The number of hydrogen-bond donors (Lipinski definition) is 1. The van der Waals surface area contributed by atoms with Crippen LogP contribution in [0.3, 0.4) is 0 Å². The molecule has 0 aliphatic heterocycles. The molecule has 0 atom stereocenters. The highest BCUT2D eigenvalue weighted by Crippen LogP contribution is 2.30. The summed E-state index contributed by atoms with van der Waals surface area (Å²) in [6.07, 6.45) is 0. The van der Waals surface area contributed by atoms with E-state index in [4.69, 9.17) is 4.74 Å². The van der Waals surface area contributed by atoms with Crippen LogP contribution in [0.15, 0.2) is 30.3 Å². The van der Waals surface area contributed by atoms with Crippen LogP contribution >= 0.6 is 0 Å². The van der Waals surface area contributed by atoms with Crippen molar-refractivity contribution in [1.29, 1.82) is 0 Å². The maximum Gasteiger partial charge on any atom is 0.311 e. The van der Waals surface area contributed by atoms with Gasteiger partial charge < -0.3 is 10.1 Å². The maximum absolute atomic E-state index is 10.9. The molecule has 1 aromatic heterocycles. The first kappa shape index (κ1) is 12.7. The smallest absolute Gasteiger partial charge is 0.311 e. The quantitative estimate of drug-likeness (QED) is 0.671. The van der Waals surface area contributed by atoms with Crippen molar-refractivity contribution in [2.24, 2.45) is 0 Å². The van der Waals surface area contributed by atoms with Crippen LogP contribution < -0.4 is 10.1 Å². The number of rotatable bonds is 4. The third-order valence-corrected chi connectivity index (χ3v) is 2.33. The zero-order valence-electron chi connectivity index (χ0n) is 10.5. The molecule has 98 valence electrons. The topological polar surface area (TPSA) is 90.2 Å². The van der Waals surface area contributed by atoms with Crippen molar-refractivity contribution in [1.82, 2.24) is 9.97 Å². The molecule has 0 bridgehead atoms. The second-order valence-corrected chi connectivity index (χ2v) is 3.75. The predicted molar refractivity (Wildman–Crippen MR) is 69.5 cm³/mol. The molecule has 0 aliphatic carbocycles. The van der Waals surface area contributed by atoms with Crippen LogP contribution in [-0.2, 0) is 0 Å². The van der Waals surface area contributed by atoms with Gasteiger partial charge in [0.25, 0.3) is 0 Å². The Morgan fingerprint density at radius 2 is 2.05 bits per heavy atom. The number of hydrogen-bond acceptors (Lipinski definition) is 6. The van der Waals surface area contributed by atoms with Gasteiger partial charge in [-0.1, -0.05) is 12.1 Å². The average molecular weight is 260 g/mol. The van der Waals surface area contributed by atoms with Crippen molar-refractivity contribution < 1.29 is 9.66 Å². The van der Waals surface area contributed by atoms with E-state index < -0.39 is 4.92 Å². The minimum Gasteiger partial charge on any atom is -0.432 e. The largest absolute Gasteiger partial charge is 0.432 e. The Morgan fingerprint density at radius 3 is 2.74 bits per heavy atom. The molecule has 7 nitrogen and oxygen atoms in total. The van der Waals surface area contributed by atoms with Crippen molar-refractivity contribution in [2.45, 2.75) is 6.92 Å². The van der Waals surface area contributed by atoms with Crippen LogP contribution in [0.1, 0.15) is 5.69 Å². The highest BCUT2D eigenvalue weighted by molar-refractivity contribution is 5.47. The zero-order valence-corrected chi connectivity index (χ0v) is 10.5. The van der Waals surface area contributed by atoms with Gasteiger partial charge in [0.15, 0.2) is 0 Å². The lowest BCUT2D eigenvalue weighted by Crippen LogP contribution is -2.00. The molecule has 0 spiro atoms. The van der Waals surface area contributed by atoms with E-state index in [0.717, 1.165) is 0 Å². The molecule has 0 radical (unpaired) electrons. The Morgan fingerprint density at radius 1 is 1.32 bits per heavy atom. The number of benzene rings is 1. The van der Waals surface area contributed by atoms with E-state index in [1.807, 2.05) is 0 Å². The van der Waals surface area contributed by atoms with E-state index in [2.05, 4.69) is 15.3 Å². The van der Waals surface area contributed by atoms with E-state index in [1.54, 1.807) is 32.2 Å². The Balaban J connectivity index is 2.36. The molecule has 0 aliphatic rings. The highest BCUT2D eigenvalue weighted by atomic mass is 16.6. The number of aromatic nitrogens is 2. The normalized spacial score (nSPS) is 10.0. The number of anilines is 1. The molecule has 1 aromatic carbocycles. The van der Waals surface area contributed by atoms with Gasteiger partial charge in [-0.3, -0.25) is 10.1 Å². The molecule has 7 heteroatoms. The number of nitrogens with one attached hydrogen (secondary N) is 1. The fourth-order valence-electron chi connectivity index (χ4n) is 1.51. The highest BCUT2D eigenvalue weighted by Gasteiger charge is 2.15. The van der Waals surface area contributed by atoms with E-state index in [0.29, 0.717) is 11.6 Å². The summed E-state index contributed by atoms with van der Waals surface area (Å²) in [6.45, 7) is 1.79. The van der Waals surface area contributed by atoms with Crippen molar-refractivity contribution >= 4 is 11.6 Å². The van der Waals surface area contributed by atoms with Gasteiger partial charge in [0.05, 0.1) is 4.92 Å². The van der Waals surface area contributed by atoms with E-state index >= 15 is 0 Å². The van der Waals surface area contributed by atoms with Crippen LogP contribution in [0.4, 0.5) is 11.6 Å².